The summed E-state index contributed by atoms with van der Waals surface area (Å²) in [7, 11) is 0. The van der Waals surface area contributed by atoms with Gasteiger partial charge in [0.05, 0.1) is 11.6 Å². The summed E-state index contributed by atoms with van der Waals surface area (Å²) in [4.78, 5) is 15.3. The van der Waals surface area contributed by atoms with Gasteiger partial charge in [-0.15, -0.1) is 0 Å². The van der Waals surface area contributed by atoms with Crippen LogP contribution in [0, 0.1) is 5.92 Å². The van der Waals surface area contributed by atoms with Crippen molar-refractivity contribution >= 4 is 21.9 Å². The van der Waals surface area contributed by atoms with Crippen molar-refractivity contribution in [1.29, 1.82) is 0 Å². The molecule has 0 aromatic carbocycles. The van der Waals surface area contributed by atoms with Crippen molar-refractivity contribution in [3.63, 3.8) is 0 Å². The number of carbonyl (C=O) groups excluding carboxylic acids is 1. The molecule has 1 aliphatic rings. The summed E-state index contributed by atoms with van der Waals surface area (Å²) >= 11 is 3.29. The van der Waals surface area contributed by atoms with Gasteiger partial charge in [-0.2, -0.15) is 0 Å². The molecule has 74 valence electrons. The molecule has 0 amide bonds. The molecular formula is C10H10BrNO2. The first-order chi connectivity index (χ1) is 6.75. The molecule has 0 radical (unpaired) electrons. The van der Waals surface area contributed by atoms with Gasteiger partial charge in [-0.25, -0.2) is 0 Å². The van der Waals surface area contributed by atoms with E-state index in [4.69, 9.17) is 4.74 Å². The van der Waals surface area contributed by atoms with Crippen LogP contribution in [0.5, 0.6) is 0 Å². The van der Waals surface area contributed by atoms with Gasteiger partial charge in [0, 0.05) is 10.7 Å². The largest absolute Gasteiger partial charge is 0.459 e. The van der Waals surface area contributed by atoms with Crippen LogP contribution in [0.3, 0.4) is 0 Å². The minimum absolute atomic E-state index is 0.0882. The fourth-order valence-corrected chi connectivity index (χ4v) is 1.31. The number of rotatable bonds is 3. The van der Waals surface area contributed by atoms with Crippen LogP contribution in [0.25, 0.3) is 0 Å². The van der Waals surface area contributed by atoms with Crippen molar-refractivity contribution in [2.24, 2.45) is 5.92 Å². The maximum absolute atomic E-state index is 11.2. The zero-order chi connectivity index (χ0) is 9.97. The number of nitrogens with zero attached hydrogens (tertiary/aromatic N) is 1. The highest BCUT2D eigenvalue weighted by molar-refractivity contribution is 9.10. The summed E-state index contributed by atoms with van der Waals surface area (Å²) in [5.74, 6) is 0.0696. The van der Waals surface area contributed by atoms with Crippen LogP contribution in [-0.2, 0) is 16.1 Å². The average Bonchev–Trinajstić information content (AvgIpc) is 3.00. The number of esters is 1. The molecule has 1 aromatic heterocycles. The molecule has 1 heterocycles. The summed E-state index contributed by atoms with van der Waals surface area (Å²) in [6.45, 7) is 0.280. The zero-order valence-electron chi connectivity index (χ0n) is 7.57. The average molecular weight is 256 g/mol. The van der Waals surface area contributed by atoms with E-state index in [1.165, 1.54) is 0 Å². The first-order valence-electron chi connectivity index (χ1n) is 4.53. The second-order valence-electron chi connectivity index (χ2n) is 3.35. The molecular weight excluding hydrogens is 246 g/mol. The molecule has 1 aliphatic carbocycles. The van der Waals surface area contributed by atoms with Crippen molar-refractivity contribution in [1.82, 2.24) is 4.98 Å². The standard InChI is InChI=1S/C10H10BrNO2/c11-8-3-4-9(12-5-8)6-14-10(13)7-1-2-7/h3-5,7H,1-2,6H2. The van der Waals surface area contributed by atoms with Crippen LogP contribution in [0.15, 0.2) is 22.8 Å². The number of carbonyl (C=O) groups is 1. The van der Waals surface area contributed by atoms with Gasteiger partial charge >= 0.3 is 5.97 Å². The molecule has 1 fully saturated rings. The third kappa shape index (κ3) is 2.54. The van der Waals surface area contributed by atoms with Crippen LogP contribution in [0.4, 0.5) is 0 Å². The molecule has 4 heteroatoms. The van der Waals surface area contributed by atoms with Gasteiger partial charge in [-0.05, 0) is 40.9 Å². The first-order valence-corrected chi connectivity index (χ1v) is 5.32. The first kappa shape index (κ1) is 9.65. The van der Waals surface area contributed by atoms with E-state index in [1.807, 2.05) is 12.1 Å². The molecule has 2 rings (SSSR count). The third-order valence-electron chi connectivity index (χ3n) is 2.06. The molecule has 1 aromatic rings. The minimum atomic E-state index is -0.0882. The van der Waals surface area contributed by atoms with Crippen molar-refractivity contribution < 1.29 is 9.53 Å². The lowest BCUT2D eigenvalue weighted by Gasteiger charge is -2.02. The van der Waals surface area contributed by atoms with E-state index in [2.05, 4.69) is 20.9 Å². The lowest BCUT2D eigenvalue weighted by molar-refractivity contribution is -0.146. The van der Waals surface area contributed by atoms with Gasteiger partial charge in [0.2, 0.25) is 0 Å². The molecule has 0 saturated heterocycles. The number of pyridine rings is 1. The fraction of sp³-hybridized carbons (Fsp3) is 0.400. The monoisotopic (exact) mass is 255 g/mol. The second kappa shape index (κ2) is 4.09. The smallest absolute Gasteiger partial charge is 0.309 e. The SMILES string of the molecule is O=C(OCc1ccc(Br)cn1)C1CC1. The highest BCUT2D eigenvalue weighted by atomic mass is 79.9. The number of hydrogen-bond acceptors (Lipinski definition) is 3. The van der Waals surface area contributed by atoms with Gasteiger partial charge in [0.15, 0.2) is 0 Å². The van der Waals surface area contributed by atoms with Crippen molar-refractivity contribution in [3.8, 4) is 0 Å². The molecule has 1 saturated carbocycles. The van der Waals surface area contributed by atoms with Crippen molar-refractivity contribution in [3.05, 3.63) is 28.5 Å². The van der Waals surface area contributed by atoms with E-state index in [0.717, 1.165) is 23.0 Å². The predicted molar refractivity (Wildman–Crippen MR) is 54.5 cm³/mol. The number of aromatic nitrogens is 1. The lowest BCUT2D eigenvalue weighted by atomic mass is 10.4. The van der Waals surface area contributed by atoms with Crippen molar-refractivity contribution in [2.75, 3.05) is 0 Å². The molecule has 3 nitrogen and oxygen atoms in total. The number of ether oxygens (including phenoxy) is 1. The third-order valence-corrected chi connectivity index (χ3v) is 2.53. The molecule has 14 heavy (non-hydrogen) atoms. The van der Waals surface area contributed by atoms with E-state index in [9.17, 15) is 4.79 Å². The Bertz CT molecular complexity index is 332. The van der Waals surface area contributed by atoms with E-state index in [0.29, 0.717) is 0 Å². The maximum Gasteiger partial charge on any atom is 0.309 e. The van der Waals surface area contributed by atoms with Crippen LogP contribution >= 0.6 is 15.9 Å². The Morgan fingerprint density at radius 1 is 1.57 bits per heavy atom. The molecule has 0 bridgehead atoms. The minimum Gasteiger partial charge on any atom is -0.459 e. The Morgan fingerprint density at radius 3 is 2.93 bits per heavy atom. The quantitative estimate of drug-likeness (QED) is 0.779. The molecule has 0 N–H and O–H groups in total. The lowest BCUT2D eigenvalue weighted by Crippen LogP contribution is -2.06. The Balaban J connectivity index is 1.85. The second-order valence-corrected chi connectivity index (χ2v) is 4.27. The van der Waals surface area contributed by atoms with Crippen molar-refractivity contribution in [2.45, 2.75) is 19.4 Å². The van der Waals surface area contributed by atoms with Gasteiger partial charge in [-0.1, -0.05) is 0 Å². The molecule has 0 aliphatic heterocycles. The predicted octanol–water partition coefficient (Wildman–Crippen LogP) is 2.30. The van der Waals surface area contributed by atoms with Crippen LogP contribution in [0.2, 0.25) is 0 Å². The highest BCUT2D eigenvalue weighted by Crippen LogP contribution is 2.30. The fourth-order valence-electron chi connectivity index (χ4n) is 1.07. The van der Waals surface area contributed by atoms with Gasteiger partial charge in [0.1, 0.15) is 6.61 Å². The Labute approximate surface area is 90.6 Å². The van der Waals surface area contributed by atoms with Crippen LogP contribution in [-0.4, -0.2) is 11.0 Å². The normalized spacial score (nSPS) is 15.2. The van der Waals surface area contributed by atoms with Gasteiger partial charge in [-0.3, -0.25) is 9.78 Å². The number of halogens is 1. The number of hydrogen-bond donors (Lipinski definition) is 0. The molecule has 0 unspecified atom stereocenters. The van der Waals surface area contributed by atoms with Gasteiger partial charge in [0.25, 0.3) is 0 Å². The van der Waals surface area contributed by atoms with Gasteiger partial charge < -0.3 is 4.74 Å². The van der Waals surface area contributed by atoms with E-state index in [-0.39, 0.29) is 18.5 Å². The Hall–Kier alpha value is -0.900. The zero-order valence-corrected chi connectivity index (χ0v) is 9.16. The summed E-state index contributed by atoms with van der Waals surface area (Å²) < 4.78 is 6.00. The summed E-state index contributed by atoms with van der Waals surface area (Å²) in [5.41, 5.74) is 0.780. The van der Waals surface area contributed by atoms with Crippen LogP contribution < -0.4 is 0 Å². The van der Waals surface area contributed by atoms with E-state index >= 15 is 0 Å². The highest BCUT2D eigenvalue weighted by Gasteiger charge is 2.31. The molecule has 0 spiro atoms. The molecule has 0 atom stereocenters. The summed E-state index contributed by atoms with van der Waals surface area (Å²) in [6.07, 6.45) is 3.65. The topological polar surface area (TPSA) is 39.2 Å². The Kier molecular flexibility index (Phi) is 2.82. The van der Waals surface area contributed by atoms with Crippen LogP contribution in [0.1, 0.15) is 18.5 Å². The van der Waals surface area contributed by atoms with E-state index < -0.39 is 0 Å². The summed E-state index contributed by atoms with van der Waals surface area (Å²) in [5, 5.41) is 0. The maximum atomic E-state index is 11.2. The van der Waals surface area contributed by atoms with E-state index in [1.54, 1.807) is 6.20 Å². The Morgan fingerprint density at radius 2 is 2.36 bits per heavy atom. The summed E-state index contributed by atoms with van der Waals surface area (Å²) in [6, 6.07) is 3.72.